The molecular formula is C22H30N4O3. The maximum Gasteiger partial charge on any atom is 0.255 e. The second kappa shape index (κ2) is 8.63. The van der Waals surface area contributed by atoms with Crippen molar-refractivity contribution in [2.75, 3.05) is 20.1 Å². The smallest absolute Gasteiger partial charge is 0.255 e. The molecule has 2 unspecified atom stereocenters. The Morgan fingerprint density at radius 3 is 2.83 bits per heavy atom. The van der Waals surface area contributed by atoms with Gasteiger partial charge in [0.25, 0.3) is 5.91 Å². The van der Waals surface area contributed by atoms with Crippen LogP contribution >= 0.6 is 0 Å². The SMILES string of the molecule is CNCCC1CCCCN1Cc1ccc2c(c1)CN(C1CCC(=O)NC1=O)C2=O. The first-order chi connectivity index (χ1) is 14.1. The number of nitrogens with one attached hydrogen (secondary N) is 2. The van der Waals surface area contributed by atoms with E-state index in [-0.39, 0.29) is 24.1 Å². The number of likely N-dealkylation sites (tertiary alicyclic amines) is 1. The Hall–Kier alpha value is -2.25. The fraction of sp³-hybridized carbons (Fsp3) is 0.591. The Labute approximate surface area is 171 Å². The summed E-state index contributed by atoms with van der Waals surface area (Å²) in [6, 6.07) is 6.14. The van der Waals surface area contributed by atoms with Gasteiger partial charge < -0.3 is 10.2 Å². The van der Waals surface area contributed by atoms with Crippen LogP contribution < -0.4 is 10.6 Å². The molecule has 4 rings (SSSR count). The highest BCUT2D eigenvalue weighted by atomic mass is 16.2. The fourth-order valence-electron chi connectivity index (χ4n) is 4.87. The van der Waals surface area contributed by atoms with E-state index in [2.05, 4.69) is 27.7 Å². The second-order valence-corrected chi connectivity index (χ2v) is 8.40. The largest absolute Gasteiger partial charge is 0.322 e. The maximum absolute atomic E-state index is 12.8. The van der Waals surface area contributed by atoms with E-state index in [0.29, 0.717) is 24.6 Å². The Balaban J connectivity index is 1.46. The van der Waals surface area contributed by atoms with Crippen molar-refractivity contribution in [1.82, 2.24) is 20.4 Å². The van der Waals surface area contributed by atoms with E-state index in [4.69, 9.17) is 0 Å². The van der Waals surface area contributed by atoms with Gasteiger partial charge in [-0.1, -0.05) is 18.6 Å². The predicted molar refractivity (Wildman–Crippen MR) is 109 cm³/mol. The number of fused-ring (bicyclic) bond motifs is 1. The summed E-state index contributed by atoms with van der Waals surface area (Å²) < 4.78 is 0. The van der Waals surface area contributed by atoms with E-state index < -0.39 is 6.04 Å². The number of piperidine rings is 2. The molecule has 3 amide bonds. The highest BCUT2D eigenvalue weighted by Crippen LogP contribution is 2.29. The molecule has 2 saturated heterocycles. The number of carbonyl (C=O) groups excluding carboxylic acids is 3. The third-order valence-corrected chi connectivity index (χ3v) is 6.45. The van der Waals surface area contributed by atoms with Gasteiger partial charge in [0.1, 0.15) is 6.04 Å². The molecule has 156 valence electrons. The lowest BCUT2D eigenvalue weighted by molar-refractivity contribution is -0.136. The monoisotopic (exact) mass is 398 g/mol. The molecular weight excluding hydrogens is 368 g/mol. The number of nitrogens with zero attached hydrogens (tertiary/aromatic N) is 2. The Bertz CT molecular complexity index is 809. The van der Waals surface area contributed by atoms with Crippen LogP contribution in [0.3, 0.4) is 0 Å². The van der Waals surface area contributed by atoms with Crippen molar-refractivity contribution < 1.29 is 14.4 Å². The van der Waals surface area contributed by atoms with Gasteiger partial charge in [-0.25, -0.2) is 0 Å². The van der Waals surface area contributed by atoms with Gasteiger partial charge in [0, 0.05) is 31.1 Å². The van der Waals surface area contributed by atoms with Crippen LogP contribution in [0.5, 0.6) is 0 Å². The zero-order chi connectivity index (χ0) is 20.4. The summed E-state index contributed by atoms with van der Waals surface area (Å²) in [5.74, 6) is -0.721. The first-order valence-corrected chi connectivity index (χ1v) is 10.7. The molecule has 3 aliphatic rings. The van der Waals surface area contributed by atoms with Crippen LogP contribution in [0, 0.1) is 0 Å². The third kappa shape index (κ3) is 4.21. The molecule has 0 radical (unpaired) electrons. The average molecular weight is 399 g/mol. The Morgan fingerprint density at radius 2 is 2.03 bits per heavy atom. The van der Waals surface area contributed by atoms with Gasteiger partial charge in [0.05, 0.1) is 0 Å². The maximum atomic E-state index is 12.8. The molecule has 2 atom stereocenters. The fourth-order valence-corrected chi connectivity index (χ4v) is 4.87. The molecule has 0 spiro atoms. The van der Waals surface area contributed by atoms with Gasteiger partial charge in [-0.2, -0.15) is 0 Å². The predicted octanol–water partition coefficient (Wildman–Crippen LogP) is 1.41. The molecule has 0 aliphatic carbocycles. The Kier molecular flexibility index (Phi) is 5.96. The summed E-state index contributed by atoms with van der Waals surface area (Å²) in [6.07, 6.45) is 5.62. The van der Waals surface area contributed by atoms with E-state index in [1.165, 1.54) is 24.8 Å². The van der Waals surface area contributed by atoms with Crippen LogP contribution in [0.4, 0.5) is 0 Å². The molecule has 2 fully saturated rings. The van der Waals surface area contributed by atoms with Crippen LogP contribution in [-0.4, -0.2) is 59.7 Å². The number of amides is 3. The van der Waals surface area contributed by atoms with Crippen molar-refractivity contribution in [3.8, 4) is 0 Å². The van der Waals surface area contributed by atoms with Gasteiger partial charge in [-0.05, 0) is 63.0 Å². The first-order valence-electron chi connectivity index (χ1n) is 10.7. The minimum atomic E-state index is -0.552. The zero-order valence-corrected chi connectivity index (χ0v) is 17.1. The molecule has 0 saturated carbocycles. The molecule has 2 N–H and O–H groups in total. The van der Waals surface area contributed by atoms with Crippen LogP contribution in [-0.2, 0) is 22.7 Å². The van der Waals surface area contributed by atoms with E-state index in [1.54, 1.807) is 4.90 Å². The van der Waals surface area contributed by atoms with Crippen LogP contribution in [0.15, 0.2) is 18.2 Å². The molecule has 3 aliphatic heterocycles. The minimum Gasteiger partial charge on any atom is -0.322 e. The lowest BCUT2D eigenvalue weighted by Crippen LogP contribution is -2.52. The highest BCUT2D eigenvalue weighted by Gasteiger charge is 2.39. The highest BCUT2D eigenvalue weighted by molar-refractivity contribution is 6.05. The van der Waals surface area contributed by atoms with Gasteiger partial charge in [-0.3, -0.25) is 24.6 Å². The summed E-state index contributed by atoms with van der Waals surface area (Å²) in [4.78, 5) is 40.6. The van der Waals surface area contributed by atoms with Crippen LogP contribution in [0.25, 0.3) is 0 Å². The molecule has 1 aromatic carbocycles. The third-order valence-electron chi connectivity index (χ3n) is 6.45. The number of hydrogen-bond donors (Lipinski definition) is 2. The molecule has 1 aromatic rings. The normalized spacial score (nSPS) is 25.3. The summed E-state index contributed by atoms with van der Waals surface area (Å²) in [5, 5.41) is 5.61. The lowest BCUT2D eigenvalue weighted by Gasteiger charge is -2.36. The Morgan fingerprint density at radius 1 is 1.17 bits per heavy atom. The number of rotatable bonds is 6. The zero-order valence-electron chi connectivity index (χ0n) is 17.1. The molecule has 7 nitrogen and oxygen atoms in total. The number of imide groups is 1. The van der Waals surface area contributed by atoms with E-state index in [1.807, 2.05) is 13.1 Å². The van der Waals surface area contributed by atoms with Crippen molar-refractivity contribution in [2.45, 2.75) is 63.7 Å². The quantitative estimate of drug-likeness (QED) is 0.708. The second-order valence-electron chi connectivity index (χ2n) is 8.40. The standard InChI is InChI=1S/C22H30N4O3/c1-23-10-9-17-4-2-3-11-25(17)13-15-5-6-18-16(12-15)14-26(22(18)29)19-7-8-20(27)24-21(19)28/h5-6,12,17,19,23H,2-4,7-11,13-14H2,1H3,(H,24,27,28). The molecule has 3 heterocycles. The summed E-state index contributed by atoms with van der Waals surface area (Å²) >= 11 is 0. The average Bonchev–Trinajstić information content (AvgIpc) is 3.03. The van der Waals surface area contributed by atoms with Gasteiger partial charge in [0.15, 0.2) is 0 Å². The van der Waals surface area contributed by atoms with Crippen molar-refractivity contribution >= 4 is 17.7 Å². The number of hydrogen-bond acceptors (Lipinski definition) is 5. The molecule has 0 aromatic heterocycles. The summed E-state index contributed by atoms with van der Waals surface area (Å²) in [7, 11) is 2.00. The first kappa shape index (κ1) is 20.0. The number of carbonyl (C=O) groups is 3. The van der Waals surface area contributed by atoms with E-state index in [0.717, 1.165) is 31.6 Å². The molecule has 7 heteroatoms. The van der Waals surface area contributed by atoms with E-state index in [9.17, 15) is 14.4 Å². The van der Waals surface area contributed by atoms with Gasteiger partial charge in [0.2, 0.25) is 11.8 Å². The van der Waals surface area contributed by atoms with E-state index >= 15 is 0 Å². The molecule has 0 bridgehead atoms. The topological polar surface area (TPSA) is 81.8 Å². The summed E-state index contributed by atoms with van der Waals surface area (Å²) in [5.41, 5.74) is 2.89. The van der Waals surface area contributed by atoms with Gasteiger partial charge >= 0.3 is 0 Å². The van der Waals surface area contributed by atoms with Crippen LogP contribution in [0.2, 0.25) is 0 Å². The molecule has 29 heavy (non-hydrogen) atoms. The van der Waals surface area contributed by atoms with Crippen molar-refractivity contribution in [3.63, 3.8) is 0 Å². The number of benzene rings is 1. The van der Waals surface area contributed by atoms with Crippen LogP contribution in [0.1, 0.15) is 60.0 Å². The van der Waals surface area contributed by atoms with Crippen molar-refractivity contribution in [2.24, 2.45) is 0 Å². The van der Waals surface area contributed by atoms with Crippen molar-refractivity contribution in [1.29, 1.82) is 0 Å². The lowest BCUT2D eigenvalue weighted by atomic mass is 9.97. The minimum absolute atomic E-state index is 0.106. The van der Waals surface area contributed by atoms with Crippen molar-refractivity contribution in [3.05, 3.63) is 34.9 Å². The van der Waals surface area contributed by atoms with Gasteiger partial charge in [-0.15, -0.1) is 0 Å². The summed E-state index contributed by atoms with van der Waals surface area (Å²) in [6.45, 7) is 3.49.